The fourth-order valence-corrected chi connectivity index (χ4v) is 1.67. The molecule has 0 bridgehead atoms. The molecule has 0 spiro atoms. The minimum atomic E-state index is -0.468. The van der Waals surface area contributed by atoms with Gasteiger partial charge in [-0.3, -0.25) is 0 Å². The largest absolute Gasteiger partial charge is 0.496 e. The highest BCUT2D eigenvalue weighted by Gasteiger charge is 2.22. The summed E-state index contributed by atoms with van der Waals surface area (Å²) in [4.78, 5) is 16.0. The van der Waals surface area contributed by atoms with Crippen molar-refractivity contribution in [2.75, 3.05) is 7.11 Å². The van der Waals surface area contributed by atoms with Gasteiger partial charge in [-0.2, -0.15) is 0 Å². The number of nitrogens with zero attached hydrogens (tertiary/aromatic N) is 1. The van der Waals surface area contributed by atoms with E-state index in [4.69, 9.17) is 16.3 Å². The molecule has 5 heteroatoms. The van der Waals surface area contributed by atoms with Crippen molar-refractivity contribution in [3.8, 4) is 5.75 Å². The van der Waals surface area contributed by atoms with Gasteiger partial charge in [-0.05, 0) is 31.2 Å². The monoisotopic (exact) mass is 251 g/mol. The molecule has 1 aliphatic heterocycles. The quantitative estimate of drug-likeness (QED) is 0.600. The van der Waals surface area contributed by atoms with Crippen molar-refractivity contribution in [1.29, 1.82) is 0 Å². The van der Waals surface area contributed by atoms with Gasteiger partial charge in [0, 0.05) is 10.6 Å². The van der Waals surface area contributed by atoms with Crippen LogP contribution in [0.25, 0.3) is 6.08 Å². The van der Waals surface area contributed by atoms with Crippen LogP contribution in [-0.2, 0) is 9.63 Å². The molecular formula is C12H10ClNO3. The van der Waals surface area contributed by atoms with Crippen LogP contribution in [0.2, 0.25) is 5.02 Å². The van der Waals surface area contributed by atoms with E-state index in [1.807, 2.05) is 0 Å². The number of methoxy groups -OCH3 is 1. The van der Waals surface area contributed by atoms with Gasteiger partial charge in [0.05, 0.1) is 18.4 Å². The Morgan fingerprint density at radius 1 is 1.47 bits per heavy atom. The summed E-state index contributed by atoms with van der Waals surface area (Å²) < 4.78 is 5.19. The van der Waals surface area contributed by atoms with Crippen molar-refractivity contribution >= 4 is 29.4 Å². The number of ether oxygens (including phenoxy) is 1. The SMILES string of the molecule is COc1ccc(Cl)cc1/C=C1/C(=O)ON=C1C. The number of hydrogen-bond acceptors (Lipinski definition) is 4. The number of hydrogen-bond donors (Lipinski definition) is 0. The fraction of sp³-hybridized carbons (Fsp3) is 0.167. The van der Waals surface area contributed by atoms with Crippen LogP contribution in [0.3, 0.4) is 0 Å². The molecule has 0 atom stereocenters. The van der Waals surface area contributed by atoms with Gasteiger partial charge < -0.3 is 9.57 Å². The summed E-state index contributed by atoms with van der Waals surface area (Å²) in [6.45, 7) is 1.70. The lowest BCUT2D eigenvalue weighted by atomic mass is 10.1. The number of oxime groups is 1. The third kappa shape index (κ3) is 2.31. The van der Waals surface area contributed by atoms with E-state index < -0.39 is 5.97 Å². The molecule has 4 nitrogen and oxygen atoms in total. The molecule has 0 saturated carbocycles. The van der Waals surface area contributed by atoms with E-state index in [2.05, 4.69) is 9.99 Å². The zero-order chi connectivity index (χ0) is 12.4. The van der Waals surface area contributed by atoms with E-state index >= 15 is 0 Å². The second-order valence-corrected chi connectivity index (χ2v) is 3.94. The first-order valence-corrected chi connectivity index (χ1v) is 5.31. The Morgan fingerprint density at radius 3 is 2.82 bits per heavy atom. The van der Waals surface area contributed by atoms with Gasteiger partial charge >= 0.3 is 5.97 Å². The first-order valence-electron chi connectivity index (χ1n) is 4.93. The van der Waals surface area contributed by atoms with E-state index in [9.17, 15) is 4.79 Å². The van der Waals surface area contributed by atoms with Crippen molar-refractivity contribution in [3.63, 3.8) is 0 Å². The maximum atomic E-state index is 11.4. The predicted molar refractivity (Wildman–Crippen MR) is 65.2 cm³/mol. The van der Waals surface area contributed by atoms with Gasteiger partial charge in [-0.1, -0.05) is 16.8 Å². The summed E-state index contributed by atoms with van der Waals surface area (Å²) >= 11 is 5.90. The summed E-state index contributed by atoms with van der Waals surface area (Å²) in [5.74, 6) is 0.166. The highest BCUT2D eigenvalue weighted by atomic mass is 35.5. The van der Waals surface area contributed by atoms with Gasteiger partial charge in [0.1, 0.15) is 5.75 Å². The lowest BCUT2D eigenvalue weighted by Gasteiger charge is -2.05. The third-order valence-corrected chi connectivity index (χ3v) is 2.60. The minimum Gasteiger partial charge on any atom is -0.496 e. The molecule has 88 valence electrons. The normalized spacial score (nSPS) is 17.0. The molecule has 0 amide bonds. The van der Waals surface area contributed by atoms with Gasteiger partial charge in [-0.15, -0.1) is 0 Å². The topological polar surface area (TPSA) is 47.9 Å². The minimum absolute atomic E-state index is 0.408. The van der Waals surface area contributed by atoms with E-state index in [0.717, 1.165) is 0 Å². The van der Waals surface area contributed by atoms with Crippen molar-refractivity contribution in [1.82, 2.24) is 0 Å². The molecule has 0 aliphatic carbocycles. The first kappa shape index (κ1) is 11.7. The zero-order valence-electron chi connectivity index (χ0n) is 9.36. The summed E-state index contributed by atoms with van der Waals surface area (Å²) in [5.41, 5.74) is 1.66. The summed E-state index contributed by atoms with van der Waals surface area (Å²) in [6.07, 6.45) is 1.65. The molecule has 0 unspecified atom stereocenters. The molecular weight excluding hydrogens is 242 g/mol. The number of carbonyl (C=O) groups is 1. The number of benzene rings is 1. The number of halogens is 1. The van der Waals surface area contributed by atoms with E-state index in [0.29, 0.717) is 27.6 Å². The van der Waals surface area contributed by atoms with Crippen LogP contribution in [0.15, 0.2) is 28.9 Å². The molecule has 0 aromatic heterocycles. The van der Waals surface area contributed by atoms with Crippen molar-refractivity contribution in [3.05, 3.63) is 34.4 Å². The summed E-state index contributed by atoms with van der Waals surface area (Å²) in [6, 6.07) is 5.17. The molecule has 1 aromatic carbocycles. The van der Waals surface area contributed by atoms with Crippen molar-refractivity contribution < 1.29 is 14.4 Å². The summed E-state index contributed by atoms with van der Waals surface area (Å²) in [5, 5.41) is 4.17. The van der Waals surface area contributed by atoms with Crippen LogP contribution in [0.1, 0.15) is 12.5 Å². The molecule has 2 rings (SSSR count). The van der Waals surface area contributed by atoms with Gasteiger partial charge in [0.25, 0.3) is 0 Å². The van der Waals surface area contributed by atoms with E-state index in [1.54, 1.807) is 38.3 Å². The molecule has 0 saturated heterocycles. The molecule has 17 heavy (non-hydrogen) atoms. The van der Waals surface area contributed by atoms with Gasteiger partial charge in [0.15, 0.2) is 0 Å². The van der Waals surface area contributed by atoms with Crippen LogP contribution in [-0.4, -0.2) is 18.8 Å². The average molecular weight is 252 g/mol. The van der Waals surface area contributed by atoms with Crippen LogP contribution in [0.4, 0.5) is 0 Å². The zero-order valence-corrected chi connectivity index (χ0v) is 10.1. The average Bonchev–Trinajstić information content (AvgIpc) is 2.61. The molecule has 1 aromatic rings. The second-order valence-electron chi connectivity index (χ2n) is 3.50. The molecule has 0 N–H and O–H groups in total. The predicted octanol–water partition coefficient (Wildman–Crippen LogP) is 2.66. The third-order valence-electron chi connectivity index (χ3n) is 2.37. The summed E-state index contributed by atoms with van der Waals surface area (Å²) in [7, 11) is 1.55. The highest BCUT2D eigenvalue weighted by molar-refractivity contribution is 6.31. The molecule has 0 fully saturated rings. The molecule has 0 radical (unpaired) electrons. The Balaban J connectivity index is 2.48. The second kappa shape index (κ2) is 4.59. The Labute approximate surface area is 103 Å². The fourth-order valence-electron chi connectivity index (χ4n) is 1.49. The molecule has 1 aliphatic rings. The molecule has 1 heterocycles. The van der Waals surface area contributed by atoms with Crippen molar-refractivity contribution in [2.45, 2.75) is 6.92 Å². The smallest absolute Gasteiger partial charge is 0.367 e. The Hall–Kier alpha value is -1.81. The highest BCUT2D eigenvalue weighted by Crippen LogP contribution is 2.26. The number of carbonyl (C=O) groups excluding carboxylic acids is 1. The number of rotatable bonds is 2. The lowest BCUT2D eigenvalue weighted by Crippen LogP contribution is -2.02. The Bertz CT molecular complexity index is 535. The Morgan fingerprint density at radius 2 is 2.24 bits per heavy atom. The van der Waals surface area contributed by atoms with Gasteiger partial charge in [0.2, 0.25) is 0 Å². The van der Waals surface area contributed by atoms with Crippen molar-refractivity contribution in [2.24, 2.45) is 5.16 Å². The Kier molecular flexibility index (Phi) is 3.15. The van der Waals surface area contributed by atoms with E-state index in [1.165, 1.54) is 0 Å². The maximum Gasteiger partial charge on any atom is 0.367 e. The van der Waals surface area contributed by atoms with Crippen LogP contribution < -0.4 is 4.74 Å². The van der Waals surface area contributed by atoms with Crippen LogP contribution in [0, 0.1) is 0 Å². The van der Waals surface area contributed by atoms with Crippen LogP contribution >= 0.6 is 11.6 Å². The van der Waals surface area contributed by atoms with E-state index in [-0.39, 0.29) is 0 Å². The first-order chi connectivity index (χ1) is 8.11. The van der Waals surface area contributed by atoms with Gasteiger partial charge in [-0.25, -0.2) is 4.79 Å². The lowest BCUT2D eigenvalue weighted by molar-refractivity contribution is -0.136. The maximum absolute atomic E-state index is 11.4. The van der Waals surface area contributed by atoms with Crippen LogP contribution in [0.5, 0.6) is 5.75 Å². The standard InChI is InChI=1S/C12H10ClNO3/c1-7-10(12(15)17-14-7)6-8-5-9(13)3-4-11(8)16-2/h3-6H,1-2H3/b10-6+.